The Morgan fingerprint density at radius 1 is 1.03 bits per heavy atom. The van der Waals surface area contributed by atoms with Crippen LogP contribution in [0, 0.1) is 5.92 Å². The number of H-pyrrole nitrogens is 1. The van der Waals surface area contributed by atoms with Crippen LogP contribution >= 0.6 is 0 Å². The number of unbranched alkanes of at least 4 members (excludes halogenated alkanes) is 1. The number of rotatable bonds is 10. The molecule has 4 rings (SSSR count). The molecule has 6 nitrogen and oxygen atoms in total. The highest BCUT2D eigenvalue weighted by atomic mass is 16.5. The fourth-order valence-corrected chi connectivity index (χ4v) is 5.77. The molecule has 2 heterocycles. The second-order valence-electron chi connectivity index (χ2n) is 10.6. The molecule has 2 aromatic rings. The lowest BCUT2D eigenvalue weighted by molar-refractivity contribution is -0.134. The molecule has 2 unspecified atom stereocenters. The number of pyridine rings is 1. The number of aromatic amines is 1. The van der Waals surface area contributed by atoms with Crippen LogP contribution in [-0.2, 0) is 4.79 Å². The predicted molar refractivity (Wildman–Crippen MR) is 142 cm³/mol. The third-order valence-corrected chi connectivity index (χ3v) is 7.92. The van der Waals surface area contributed by atoms with Crippen LogP contribution in [0.5, 0.6) is 5.75 Å². The molecule has 1 aromatic heterocycles. The number of benzene rings is 1. The van der Waals surface area contributed by atoms with Crippen LogP contribution in [0.15, 0.2) is 35.1 Å². The van der Waals surface area contributed by atoms with Gasteiger partial charge in [-0.1, -0.05) is 32.1 Å². The number of nitrogens with zero attached hydrogens (tertiary/aromatic N) is 1. The van der Waals surface area contributed by atoms with Gasteiger partial charge in [0.05, 0.1) is 6.61 Å². The first-order chi connectivity index (χ1) is 17.1. The number of amides is 1. The smallest absolute Gasteiger partial charge is 0.248 e. The Morgan fingerprint density at radius 2 is 1.83 bits per heavy atom. The first kappa shape index (κ1) is 25.7. The monoisotopic (exact) mass is 481 g/mol. The van der Waals surface area contributed by atoms with Gasteiger partial charge in [-0.25, -0.2) is 0 Å². The molecule has 2 aliphatic rings. The van der Waals surface area contributed by atoms with Crippen molar-refractivity contribution in [2.75, 3.05) is 19.7 Å². The highest BCUT2D eigenvalue weighted by Gasteiger charge is 2.30. The molecule has 0 bridgehead atoms. The van der Waals surface area contributed by atoms with Crippen LogP contribution in [0.25, 0.3) is 10.9 Å². The topological polar surface area (TPSA) is 74.4 Å². The van der Waals surface area contributed by atoms with Gasteiger partial charge in [-0.3, -0.25) is 9.59 Å². The minimum Gasteiger partial charge on any atom is -0.494 e. The summed E-state index contributed by atoms with van der Waals surface area (Å²) in [5.41, 5.74) is 0.711. The number of nitrogens with one attached hydrogen (secondary N) is 2. The van der Waals surface area contributed by atoms with E-state index in [9.17, 15) is 9.59 Å². The van der Waals surface area contributed by atoms with E-state index in [-0.39, 0.29) is 11.6 Å². The third kappa shape index (κ3) is 7.57. The summed E-state index contributed by atoms with van der Waals surface area (Å²) in [5.74, 6) is 1.75. The summed E-state index contributed by atoms with van der Waals surface area (Å²) in [4.78, 5) is 29.9. The number of hydrogen-bond acceptors (Lipinski definition) is 4. The number of carbonyl (C=O) groups is 1. The van der Waals surface area contributed by atoms with Crippen LogP contribution in [0.3, 0.4) is 0 Å². The number of carbonyl (C=O) groups excluding carboxylic acids is 1. The van der Waals surface area contributed by atoms with Crippen LogP contribution in [0.4, 0.5) is 0 Å². The van der Waals surface area contributed by atoms with E-state index >= 15 is 0 Å². The molecule has 1 aromatic carbocycles. The van der Waals surface area contributed by atoms with E-state index in [0.717, 1.165) is 42.6 Å². The van der Waals surface area contributed by atoms with Crippen molar-refractivity contribution in [1.29, 1.82) is 0 Å². The van der Waals surface area contributed by atoms with Crippen molar-refractivity contribution in [1.82, 2.24) is 15.2 Å². The Hall–Kier alpha value is -2.34. The minimum atomic E-state index is -0.0996. The van der Waals surface area contributed by atoms with Crippen molar-refractivity contribution in [2.45, 2.75) is 96.1 Å². The van der Waals surface area contributed by atoms with Crippen LogP contribution in [0.1, 0.15) is 84.0 Å². The molecule has 35 heavy (non-hydrogen) atoms. The molecule has 6 heteroatoms. The van der Waals surface area contributed by atoms with Gasteiger partial charge < -0.3 is 19.9 Å². The average molecular weight is 482 g/mol. The highest BCUT2D eigenvalue weighted by molar-refractivity contribution is 5.79. The Kier molecular flexibility index (Phi) is 9.64. The summed E-state index contributed by atoms with van der Waals surface area (Å²) in [6.45, 7) is 4.83. The Bertz CT molecular complexity index is 990. The van der Waals surface area contributed by atoms with Crippen LogP contribution in [0.2, 0.25) is 0 Å². The molecule has 1 aliphatic heterocycles. The van der Waals surface area contributed by atoms with Crippen molar-refractivity contribution in [3.8, 4) is 5.75 Å². The maximum Gasteiger partial charge on any atom is 0.248 e. The molecule has 2 fully saturated rings. The number of ether oxygens (including phenoxy) is 1. The summed E-state index contributed by atoms with van der Waals surface area (Å²) in [6.07, 6.45) is 13.9. The van der Waals surface area contributed by atoms with Crippen molar-refractivity contribution in [3.05, 3.63) is 40.7 Å². The van der Waals surface area contributed by atoms with Gasteiger partial charge >= 0.3 is 0 Å². The lowest BCUT2D eigenvalue weighted by Crippen LogP contribution is -2.50. The van der Waals surface area contributed by atoms with Gasteiger partial charge in [0.25, 0.3) is 0 Å². The molecule has 1 aliphatic carbocycles. The molecule has 1 amide bonds. The van der Waals surface area contributed by atoms with Crippen molar-refractivity contribution >= 4 is 16.8 Å². The van der Waals surface area contributed by atoms with Gasteiger partial charge in [-0.05, 0) is 82.2 Å². The minimum absolute atomic E-state index is 0.0996. The van der Waals surface area contributed by atoms with Gasteiger partial charge in [0.2, 0.25) is 11.5 Å². The van der Waals surface area contributed by atoms with E-state index in [1.807, 2.05) is 24.3 Å². The molecule has 2 N–H and O–H groups in total. The van der Waals surface area contributed by atoms with E-state index in [0.29, 0.717) is 30.9 Å². The average Bonchev–Trinajstić information content (AvgIpc) is 3.38. The standard InChI is InChI=1S/C29H43N3O3/c1-22(26-12-9-18-30-26)32(21-23-10-5-3-2-4-6-11-23)29(34)13-7-8-19-35-25-15-16-27-24(20-25)14-17-28(33)31-27/h14-17,20,22-23,26,30H,2-13,18-19,21H2,1H3,(H,31,33). The summed E-state index contributed by atoms with van der Waals surface area (Å²) < 4.78 is 5.94. The summed E-state index contributed by atoms with van der Waals surface area (Å²) in [7, 11) is 0. The second kappa shape index (κ2) is 13.1. The molecule has 2 atom stereocenters. The molecule has 192 valence electrons. The van der Waals surface area contributed by atoms with Gasteiger partial charge in [-0.2, -0.15) is 0 Å². The largest absolute Gasteiger partial charge is 0.494 e. The van der Waals surface area contributed by atoms with Crippen molar-refractivity contribution in [2.24, 2.45) is 5.92 Å². The van der Waals surface area contributed by atoms with Gasteiger partial charge in [0, 0.05) is 42.0 Å². The van der Waals surface area contributed by atoms with E-state index in [1.165, 1.54) is 63.9 Å². The first-order valence-corrected chi connectivity index (χ1v) is 13.9. The molecular formula is C29H43N3O3. The Labute approximate surface area is 209 Å². The number of fused-ring (bicyclic) bond motifs is 1. The molecular weight excluding hydrogens is 438 g/mol. The van der Waals surface area contributed by atoms with E-state index in [4.69, 9.17) is 4.74 Å². The fraction of sp³-hybridized carbons (Fsp3) is 0.655. The summed E-state index contributed by atoms with van der Waals surface area (Å²) >= 11 is 0. The number of hydrogen-bond donors (Lipinski definition) is 2. The van der Waals surface area contributed by atoms with Crippen LogP contribution in [-0.4, -0.2) is 47.6 Å². The Balaban J connectivity index is 1.27. The highest BCUT2D eigenvalue weighted by Crippen LogP contribution is 2.26. The molecule has 1 saturated heterocycles. The first-order valence-electron chi connectivity index (χ1n) is 13.9. The van der Waals surface area contributed by atoms with Gasteiger partial charge in [-0.15, -0.1) is 0 Å². The lowest BCUT2D eigenvalue weighted by Gasteiger charge is -2.36. The fourth-order valence-electron chi connectivity index (χ4n) is 5.77. The van der Waals surface area contributed by atoms with Crippen molar-refractivity contribution < 1.29 is 9.53 Å². The predicted octanol–water partition coefficient (Wildman–Crippen LogP) is 5.41. The molecule has 0 radical (unpaired) electrons. The SMILES string of the molecule is CC(C1CCCN1)N(CC1CCCCCCC1)C(=O)CCCCOc1ccc2[nH]c(=O)ccc2c1. The summed E-state index contributed by atoms with van der Waals surface area (Å²) in [6, 6.07) is 9.74. The van der Waals surface area contributed by atoms with Crippen LogP contribution < -0.4 is 15.6 Å². The lowest BCUT2D eigenvalue weighted by atomic mass is 9.90. The maximum absolute atomic E-state index is 13.4. The zero-order chi connectivity index (χ0) is 24.5. The van der Waals surface area contributed by atoms with E-state index in [1.54, 1.807) is 0 Å². The zero-order valence-corrected chi connectivity index (χ0v) is 21.4. The van der Waals surface area contributed by atoms with Gasteiger partial charge in [0.1, 0.15) is 5.75 Å². The third-order valence-electron chi connectivity index (χ3n) is 7.92. The molecule has 1 saturated carbocycles. The summed E-state index contributed by atoms with van der Waals surface area (Å²) in [5, 5.41) is 4.58. The second-order valence-corrected chi connectivity index (χ2v) is 10.6. The molecule has 0 spiro atoms. The maximum atomic E-state index is 13.4. The number of aromatic nitrogens is 1. The normalized spacial score (nSPS) is 20.3. The van der Waals surface area contributed by atoms with E-state index in [2.05, 4.69) is 22.1 Å². The van der Waals surface area contributed by atoms with Gasteiger partial charge in [0.15, 0.2) is 0 Å². The quantitative estimate of drug-likeness (QED) is 0.445. The van der Waals surface area contributed by atoms with Crippen molar-refractivity contribution in [3.63, 3.8) is 0 Å². The Morgan fingerprint density at radius 3 is 2.60 bits per heavy atom. The van der Waals surface area contributed by atoms with E-state index < -0.39 is 0 Å². The zero-order valence-electron chi connectivity index (χ0n) is 21.4.